The van der Waals surface area contributed by atoms with E-state index in [2.05, 4.69) is 36.0 Å². The van der Waals surface area contributed by atoms with E-state index in [1.165, 1.54) is 19.5 Å². The minimum absolute atomic E-state index is 0.772. The van der Waals surface area contributed by atoms with Crippen LogP contribution in [0.5, 0.6) is 0 Å². The van der Waals surface area contributed by atoms with Crippen molar-refractivity contribution in [3.05, 3.63) is 35.4 Å². The fourth-order valence-corrected chi connectivity index (χ4v) is 2.74. The molecule has 1 saturated heterocycles. The maximum Gasteiger partial charge on any atom is 0.0995 e. The third kappa shape index (κ3) is 3.32. The van der Waals surface area contributed by atoms with Gasteiger partial charge in [0.1, 0.15) is 0 Å². The summed E-state index contributed by atoms with van der Waals surface area (Å²) in [6, 6.07) is 10.1. The molecule has 1 heterocycles. The number of nitriles is 1. The second kappa shape index (κ2) is 5.99. The summed E-state index contributed by atoms with van der Waals surface area (Å²) in [4.78, 5) is 4.72. The van der Waals surface area contributed by atoms with Crippen molar-refractivity contribution in [3.63, 3.8) is 0 Å². The molecule has 3 heteroatoms. The van der Waals surface area contributed by atoms with Gasteiger partial charge in [-0.3, -0.25) is 0 Å². The quantitative estimate of drug-likeness (QED) is 0.809. The second-order valence-electron chi connectivity index (χ2n) is 5.38. The Kier molecular flexibility index (Phi) is 4.35. The summed E-state index contributed by atoms with van der Waals surface area (Å²) in [5.74, 6) is 0.772. The van der Waals surface area contributed by atoms with Crippen LogP contribution in [0.2, 0.25) is 0 Å². The van der Waals surface area contributed by atoms with Gasteiger partial charge in [0.05, 0.1) is 11.6 Å². The van der Waals surface area contributed by atoms with E-state index in [-0.39, 0.29) is 0 Å². The van der Waals surface area contributed by atoms with Gasteiger partial charge in [-0.15, -0.1) is 0 Å². The molecule has 0 saturated carbocycles. The van der Waals surface area contributed by atoms with E-state index in [1.54, 1.807) is 0 Å². The van der Waals surface area contributed by atoms with Gasteiger partial charge >= 0.3 is 0 Å². The summed E-state index contributed by atoms with van der Waals surface area (Å²) >= 11 is 0. The maximum absolute atomic E-state index is 9.08. The lowest BCUT2D eigenvalue weighted by molar-refractivity contribution is 0.267. The van der Waals surface area contributed by atoms with Gasteiger partial charge in [0.25, 0.3) is 0 Å². The van der Waals surface area contributed by atoms with Gasteiger partial charge in [-0.25, -0.2) is 0 Å². The van der Waals surface area contributed by atoms with Gasteiger partial charge in [-0.1, -0.05) is 18.2 Å². The van der Waals surface area contributed by atoms with Gasteiger partial charge in [0.15, 0.2) is 0 Å². The highest BCUT2D eigenvalue weighted by Gasteiger charge is 2.20. The van der Waals surface area contributed by atoms with Crippen LogP contribution >= 0.6 is 0 Å². The number of hydrogen-bond donors (Lipinski definition) is 0. The van der Waals surface area contributed by atoms with Crippen molar-refractivity contribution in [3.8, 4) is 6.07 Å². The van der Waals surface area contributed by atoms with E-state index in [0.717, 1.165) is 30.1 Å². The standard InChI is InChI=1S/C15H21N3/c1-17-8-7-13(10-17)11-18(2)12-15-6-4-3-5-14(15)9-16/h3-6,13H,7-8,10-12H2,1-2H3. The molecule has 0 spiro atoms. The van der Waals surface area contributed by atoms with E-state index in [0.29, 0.717) is 0 Å². The van der Waals surface area contributed by atoms with Crippen LogP contribution in [0.1, 0.15) is 17.5 Å². The molecule has 1 atom stereocenters. The second-order valence-corrected chi connectivity index (χ2v) is 5.38. The number of likely N-dealkylation sites (tertiary alicyclic amines) is 1. The summed E-state index contributed by atoms with van der Waals surface area (Å²) in [6.07, 6.45) is 1.29. The Morgan fingerprint density at radius 1 is 1.44 bits per heavy atom. The van der Waals surface area contributed by atoms with Crippen LogP contribution in [-0.4, -0.2) is 43.5 Å². The molecule has 0 radical (unpaired) electrons. The van der Waals surface area contributed by atoms with Crippen LogP contribution in [0.15, 0.2) is 24.3 Å². The summed E-state index contributed by atoms with van der Waals surface area (Å²) < 4.78 is 0. The predicted octanol–water partition coefficient (Wildman–Crippen LogP) is 1.94. The molecule has 1 unspecified atom stereocenters. The van der Waals surface area contributed by atoms with Crippen molar-refractivity contribution in [1.82, 2.24) is 9.80 Å². The molecule has 1 aliphatic heterocycles. The topological polar surface area (TPSA) is 30.3 Å². The Balaban J connectivity index is 1.91. The smallest absolute Gasteiger partial charge is 0.0995 e. The SMILES string of the molecule is CN1CCC(CN(C)Cc2ccccc2C#N)C1. The minimum atomic E-state index is 0.772. The molecule has 1 aromatic rings. The van der Waals surface area contributed by atoms with E-state index in [4.69, 9.17) is 5.26 Å². The average Bonchev–Trinajstić information content (AvgIpc) is 2.75. The lowest BCUT2D eigenvalue weighted by atomic mass is 10.1. The molecule has 0 N–H and O–H groups in total. The fourth-order valence-electron chi connectivity index (χ4n) is 2.74. The predicted molar refractivity (Wildman–Crippen MR) is 73.1 cm³/mol. The van der Waals surface area contributed by atoms with Crippen LogP contribution in [0, 0.1) is 17.2 Å². The lowest BCUT2D eigenvalue weighted by Gasteiger charge is -2.21. The van der Waals surface area contributed by atoms with E-state index in [9.17, 15) is 0 Å². The molecule has 0 aromatic heterocycles. The van der Waals surface area contributed by atoms with Gasteiger partial charge in [-0.05, 0) is 44.6 Å². The van der Waals surface area contributed by atoms with Crippen molar-refractivity contribution >= 4 is 0 Å². The molecule has 96 valence electrons. The van der Waals surface area contributed by atoms with Crippen molar-refractivity contribution in [2.24, 2.45) is 5.92 Å². The van der Waals surface area contributed by atoms with Gasteiger partial charge in [0.2, 0.25) is 0 Å². The van der Waals surface area contributed by atoms with Gasteiger partial charge in [0, 0.05) is 19.6 Å². The molecule has 0 aliphatic carbocycles. The Bertz CT molecular complexity index is 436. The Morgan fingerprint density at radius 3 is 2.89 bits per heavy atom. The van der Waals surface area contributed by atoms with Crippen LogP contribution in [0.4, 0.5) is 0 Å². The monoisotopic (exact) mass is 243 g/mol. The Labute approximate surface area is 110 Å². The van der Waals surface area contributed by atoms with Crippen molar-refractivity contribution in [2.75, 3.05) is 33.7 Å². The molecule has 1 aromatic carbocycles. The molecule has 0 amide bonds. The van der Waals surface area contributed by atoms with E-state index >= 15 is 0 Å². The summed E-state index contributed by atoms with van der Waals surface area (Å²) in [5, 5.41) is 9.08. The van der Waals surface area contributed by atoms with E-state index < -0.39 is 0 Å². The highest BCUT2D eigenvalue weighted by Crippen LogP contribution is 2.17. The molecular weight excluding hydrogens is 222 g/mol. The first-order valence-corrected chi connectivity index (χ1v) is 6.54. The van der Waals surface area contributed by atoms with Gasteiger partial charge < -0.3 is 9.80 Å². The maximum atomic E-state index is 9.08. The third-order valence-corrected chi connectivity index (χ3v) is 3.64. The molecule has 0 bridgehead atoms. The highest BCUT2D eigenvalue weighted by molar-refractivity contribution is 5.37. The molecule has 1 aliphatic rings. The molecule has 2 rings (SSSR count). The van der Waals surface area contributed by atoms with Crippen LogP contribution in [-0.2, 0) is 6.54 Å². The first-order valence-electron chi connectivity index (χ1n) is 6.54. The average molecular weight is 243 g/mol. The number of benzene rings is 1. The zero-order valence-corrected chi connectivity index (χ0v) is 11.3. The number of hydrogen-bond acceptors (Lipinski definition) is 3. The molecule has 3 nitrogen and oxygen atoms in total. The molecule has 18 heavy (non-hydrogen) atoms. The zero-order chi connectivity index (χ0) is 13.0. The molecular formula is C15H21N3. The number of rotatable bonds is 4. The Hall–Kier alpha value is -1.37. The lowest BCUT2D eigenvalue weighted by Crippen LogP contribution is -2.27. The van der Waals surface area contributed by atoms with Crippen molar-refractivity contribution in [1.29, 1.82) is 5.26 Å². The number of nitrogens with zero attached hydrogens (tertiary/aromatic N) is 3. The van der Waals surface area contributed by atoms with Crippen LogP contribution in [0.25, 0.3) is 0 Å². The van der Waals surface area contributed by atoms with E-state index in [1.807, 2.05) is 18.2 Å². The summed E-state index contributed by atoms with van der Waals surface area (Å²) in [5.41, 5.74) is 1.93. The van der Waals surface area contributed by atoms with Crippen molar-refractivity contribution in [2.45, 2.75) is 13.0 Å². The van der Waals surface area contributed by atoms with Crippen LogP contribution in [0.3, 0.4) is 0 Å². The van der Waals surface area contributed by atoms with Crippen molar-refractivity contribution < 1.29 is 0 Å². The zero-order valence-electron chi connectivity index (χ0n) is 11.3. The molecule has 1 fully saturated rings. The fraction of sp³-hybridized carbons (Fsp3) is 0.533. The summed E-state index contributed by atoms with van der Waals surface area (Å²) in [7, 11) is 4.33. The highest BCUT2D eigenvalue weighted by atomic mass is 15.1. The van der Waals surface area contributed by atoms with Crippen LogP contribution < -0.4 is 0 Å². The van der Waals surface area contributed by atoms with Gasteiger partial charge in [-0.2, -0.15) is 5.26 Å². The summed E-state index contributed by atoms with van der Waals surface area (Å²) in [6.45, 7) is 4.39. The first-order chi connectivity index (χ1) is 8.69. The normalized spacial score (nSPS) is 20.2. The minimum Gasteiger partial charge on any atom is -0.306 e. The third-order valence-electron chi connectivity index (χ3n) is 3.64. The largest absolute Gasteiger partial charge is 0.306 e. The first kappa shape index (κ1) is 13.1. The Morgan fingerprint density at radius 2 is 2.22 bits per heavy atom.